The largest absolute Gasteiger partial charge is 0.496 e. The number of aromatic nitrogens is 1. The topological polar surface area (TPSA) is 60.5 Å². The molecule has 0 atom stereocenters. The van der Waals surface area contributed by atoms with Gasteiger partial charge in [0.1, 0.15) is 11.5 Å². The van der Waals surface area contributed by atoms with Crippen LogP contribution in [-0.2, 0) is 6.54 Å². The smallest absolute Gasteiger partial charge is 0.394 e. The maximum atomic E-state index is 12.9. The van der Waals surface area contributed by atoms with E-state index in [2.05, 4.69) is 15.0 Å². The first-order valence-electron chi connectivity index (χ1n) is 9.54. The number of carbonyl (C=O) groups is 1. The van der Waals surface area contributed by atoms with Crippen LogP contribution in [0, 0.1) is 0 Å². The van der Waals surface area contributed by atoms with Crippen LogP contribution in [0.2, 0.25) is 0 Å². The lowest BCUT2D eigenvalue weighted by Crippen LogP contribution is -2.22. The number of hydrogen-bond acceptors (Lipinski definition) is 4. The summed E-state index contributed by atoms with van der Waals surface area (Å²) in [6, 6.07) is 15.1. The van der Waals surface area contributed by atoms with Crippen LogP contribution in [0.4, 0.5) is 8.78 Å². The van der Waals surface area contributed by atoms with Crippen LogP contribution in [0.1, 0.15) is 34.0 Å². The molecular weight excluding hydrogens is 402 g/mol. The molecule has 1 amide bonds. The van der Waals surface area contributed by atoms with E-state index in [9.17, 15) is 13.6 Å². The molecule has 31 heavy (non-hydrogen) atoms. The summed E-state index contributed by atoms with van der Waals surface area (Å²) in [5, 5.41) is 2.87. The van der Waals surface area contributed by atoms with Crippen molar-refractivity contribution in [1.29, 1.82) is 0 Å². The van der Waals surface area contributed by atoms with Crippen molar-refractivity contribution in [2.75, 3.05) is 7.11 Å². The molecule has 7 heteroatoms. The Hall–Kier alpha value is -3.74. The molecule has 2 aromatic carbocycles. The third-order valence-corrected chi connectivity index (χ3v) is 4.33. The Balaban J connectivity index is 1.72. The highest BCUT2D eigenvalue weighted by Gasteiger charge is 2.22. The number of nitrogens with zero attached hydrogens (tertiary/aromatic N) is 1. The second-order valence-electron chi connectivity index (χ2n) is 6.81. The monoisotopic (exact) mass is 424 g/mol. The minimum Gasteiger partial charge on any atom is -0.496 e. The third kappa shape index (κ3) is 6.64. The molecule has 3 aromatic rings. The van der Waals surface area contributed by atoms with Crippen LogP contribution in [-0.4, -0.2) is 24.1 Å². The summed E-state index contributed by atoms with van der Waals surface area (Å²) in [7, 11) is 1.55. The van der Waals surface area contributed by atoms with Crippen molar-refractivity contribution < 1.29 is 23.0 Å². The van der Waals surface area contributed by atoms with Gasteiger partial charge in [-0.3, -0.25) is 9.78 Å². The van der Waals surface area contributed by atoms with Crippen LogP contribution >= 0.6 is 0 Å². The normalized spacial score (nSPS) is 11.4. The van der Waals surface area contributed by atoms with Crippen molar-refractivity contribution in [3.05, 3.63) is 89.2 Å². The molecular formula is C24H22F2N2O3. The molecule has 0 spiro atoms. The average molecular weight is 424 g/mol. The van der Waals surface area contributed by atoms with Crippen LogP contribution in [0.5, 0.6) is 11.5 Å². The summed E-state index contributed by atoms with van der Waals surface area (Å²) in [4.78, 5) is 16.5. The van der Waals surface area contributed by atoms with Gasteiger partial charge in [-0.05, 0) is 53.6 Å². The predicted octanol–water partition coefficient (Wildman–Crippen LogP) is 5.18. The van der Waals surface area contributed by atoms with Crippen LogP contribution in [0.3, 0.4) is 0 Å². The van der Waals surface area contributed by atoms with E-state index in [1.165, 1.54) is 12.1 Å². The van der Waals surface area contributed by atoms with E-state index in [0.717, 1.165) is 11.1 Å². The summed E-state index contributed by atoms with van der Waals surface area (Å²) < 4.78 is 35.8. The first-order valence-corrected chi connectivity index (χ1v) is 9.54. The lowest BCUT2D eigenvalue weighted by molar-refractivity contribution is -0.158. The van der Waals surface area contributed by atoms with Gasteiger partial charge in [-0.1, -0.05) is 24.3 Å². The first kappa shape index (κ1) is 22.0. The van der Waals surface area contributed by atoms with E-state index >= 15 is 0 Å². The van der Waals surface area contributed by atoms with Crippen LogP contribution in [0.15, 0.2) is 67.0 Å². The molecule has 0 bridgehead atoms. The Morgan fingerprint density at radius 3 is 2.42 bits per heavy atom. The lowest BCUT2D eigenvalue weighted by Gasteiger charge is -2.12. The maximum Gasteiger partial charge on any atom is 0.394 e. The van der Waals surface area contributed by atoms with E-state index in [1.807, 2.05) is 12.1 Å². The molecule has 0 fully saturated rings. The van der Waals surface area contributed by atoms with Crippen molar-refractivity contribution in [1.82, 2.24) is 10.3 Å². The van der Waals surface area contributed by atoms with E-state index in [4.69, 9.17) is 4.74 Å². The highest BCUT2D eigenvalue weighted by molar-refractivity contribution is 5.95. The molecule has 1 N–H and O–H groups in total. The first-order chi connectivity index (χ1) is 14.8. The minimum atomic E-state index is -3.23. The van der Waals surface area contributed by atoms with Gasteiger partial charge in [-0.25, -0.2) is 0 Å². The fraction of sp³-hybridized carbons (Fsp3) is 0.167. The Morgan fingerprint density at radius 2 is 1.77 bits per heavy atom. The predicted molar refractivity (Wildman–Crippen MR) is 115 cm³/mol. The molecule has 0 radical (unpaired) electrons. The van der Waals surface area contributed by atoms with Crippen LogP contribution < -0.4 is 14.8 Å². The molecule has 0 saturated heterocycles. The second kappa shape index (κ2) is 9.84. The Morgan fingerprint density at radius 1 is 1.06 bits per heavy atom. The van der Waals surface area contributed by atoms with Gasteiger partial charge >= 0.3 is 6.11 Å². The SMILES string of the molecule is COc1ccc(C(=O)NCc2ccncc2)cc1/C=C/c1ccc(OC(C)(F)F)cc1. The van der Waals surface area contributed by atoms with Gasteiger partial charge < -0.3 is 14.8 Å². The number of amides is 1. The highest BCUT2D eigenvalue weighted by atomic mass is 19.3. The van der Waals surface area contributed by atoms with Crippen molar-refractivity contribution in [3.63, 3.8) is 0 Å². The van der Waals surface area contributed by atoms with E-state index in [-0.39, 0.29) is 11.7 Å². The molecule has 0 saturated carbocycles. The van der Waals surface area contributed by atoms with E-state index in [0.29, 0.717) is 30.3 Å². The Bertz CT molecular complexity index is 1050. The standard InChI is InChI=1S/C24H22F2N2O3/c1-24(25,26)31-21-8-4-17(5-9-21)3-6-19-15-20(7-10-22(19)30-2)23(29)28-16-18-11-13-27-14-12-18/h3-15H,16H2,1-2H3,(H,28,29)/b6-3+. The van der Waals surface area contributed by atoms with Crippen molar-refractivity contribution >= 4 is 18.1 Å². The van der Waals surface area contributed by atoms with E-state index in [1.54, 1.807) is 62.0 Å². The van der Waals surface area contributed by atoms with Gasteiger partial charge in [-0.2, -0.15) is 8.78 Å². The number of halogens is 2. The maximum absolute atomic E-state index is 12.9. The summed E-state index contributed by atoms with van der Waals surface area (Å²) in [6.07, 6.45) is 3.70. The van der Waals surface area contributed by atoms with Crippen molar-refractivity contribution in [2.24, 2.45) is 0 Å². The zero-order chi connectivity index (χ0) is 22.3. The van der Waals surface area contributed by atoms with Crippen molar-refractivity contribution in [2.45, 2.75) is 19.6 Å². The number of benzene rings is 2. The van der Waals surface area contributed by atoms with Gasteiger partial charge in [0.25, 0.3) is 5.91 Å². The number of alkyl halides is 2. The number of nitrogens with one attached hydrogen (secondary N) is 1. The molecule has 0 aliphatic heterocycles. The Kier molecular flexibility index (Phi) is 6.97. The van der Waals surface area contributed by atoms with Gasteiger partial charge in [0, 0.05) is 37.0 Å². The van der Waals surface area contributed by atoms with Gasteiger partial charge in [-0.15, -0.1) is 0 Å². The number of pyridine rings is 1. The molecule has 0 aliphatic rings. The zero-order valence-corrected chi connectivity index (χ0v) is 17.1. The number of ether oxygens (including phenoxy) is 2. The third-order valence-electron chi connectivity index (χ3n) is 4.33. The highest BCUT2D eigenvalue weighted by Crippen LogP contribution is 2.24. The summed E-state index contributed by atoms with van der Waals surface area (Å²) in [5.74, 6) is 0.471. The number of hydrogen-bond donors (Lipinski definition) is 1. The minimum absolute atomic E-state index is 0.0788. The van der Waals surface area contributed by atoms with E-state index < -0.39 is 6.11 Å². The Labute approximate surface area is 179 Å². The quantitative estimate of drug-likeness (QED) is 0.506. The molecule has 160 valence electrons. The number of methoxy groups -OCH3 is 1. The second-order valence-corrected chi connectivity index (χ2v) is 6.81. The fourth-order valence-corrected chi connectivity index (χ4v) is 2.83. The molecule has 0 unspecified atom stereocenters. The number of rotatable bonds is 8. The zero-order valence-electron chi connectivity index (χ0n) is 17.1. The summed E-state index contributed by atoms with van der Waals surface area (Å²) >= 11 is 0. The summed E-state index contributed by atoms with van der Waals surface area (Å²) in [6.45, 7) is 1.08. The molecule has 5 nitrogen and oxygen atoms in total. The molecule has 0 aliphatic carbocycles. The molecule has 1 heterocycles. The van der Waals surface area contributed by atoms with Gasteiger partial charge in [0.15, 0.2) is 0 Å². The van der Waals surface area contributed by atoms with Crippen LogP contribution in [0.25, 0.3) is 12.2 Å². The molecule has 1 aromatic heterocycles. The van der Waals surface area contributed by atoms with Crippen molar-refractivity contribution in [3.8, 4) is 11.5 Å². The number of carbonyl (C=O) groups excluding carboxylic acids is 1. The molecule has 3 rings (SSSR count). The fourth-order valence-electron chi connectivity index (χ4n) is 2.83. The summed E-state index contributed by atoms with van der Waals surface area (Å²) in [5.41, 5.74) is 2.93. The van der Waals surface area contributed by atoms with Gasteiger partial charge in [0.05, 0.1) is 7.11 Å². The van der Waals surface area contributed by atoms with Gasteiger partial charge in [0.2, 0.25) is 0 Å². The lowest BCUT2D eigenvalue weighted by atomic mass is 10.1. The average Bonchev–Trinajstić information content (AvgIpc) is 2.76.